The number of sulfonamides is 1. The van der Waals surface area contributed by atoms with Crippen LogP contribution in [-0.2, 0) is 21.9 Å². The van der Waals surface area contributed by atoms with Crippen molar-refractivity contribution in [1.82, 2.24) is 30.2 Å². The molecule has 0 fully saturated rings. The van der Waals surface area contributed by atoms with Gasteiger partial charge in [0, 0.05) is 32.3 Å². The van der Waals surface area contributed by atoms with E-state index in [0.29, 0.717) is 17.3 Å². The van der Waals surface area contributed by atoms with Gasteiger partial charge in [0.15, 0.2) is 0 Å². The molecule has 1 aromatic heterocycles. The number of aryl methyl sites for hydroxylation is 2. The number of rotatable bonds is 9. The van der Waals surface area contributed by atoms with Crippen LogP contribution in [0.2, 0.25) is 0 Å². The summed E-state index contributed by atoms with van der Waals surface area (Å²) in [7, 11) is -1.83. The lowest BCUT2D eigenvalue weighted by Gasteiger charge is -2.08. The summed E-state index contributed by atoms with van der Waals surface area (Å²) >= 11 is 1.38. The first kappa shape index (κ1) is 19.3. The fourth-order valence-electron chi connectivity index (χ4n) is 1.85. The molecule has 0 aliphatic rings. The second-order valence-corrected chi connectivity index (χ2v) is 8.07. The number of benzene rings is 1. The Balaban J connectivity index is 1.65. The number of hydrogen-bond donors (Lipinski definition) is 2. The van der Waals surface area contributed by atoms with E-state index in [0.717, 1.165) is 5.56 Å². The van der Waals surface area contributed by atoms with Gasteiger partial charge in [0.2, 0.25) is 21.1 Å². The molecule has 0 bridgehead atoms. The Kier molecular flexibility index (Phi) is 6.91. The van der Waals surface area contributed by atoms with Crippen LogP contribution < -0.4 is 10.0 Å². The minimum Gasteiger partial charge on any atom is -0.355 e. The standard InChI is InChI=1S/C14H20N6O3S2/c1-11-3-5-12(6-4-11)25(22,23)16-9-8-15-13(21)7-10-24-14-17-18-19-20(14)2/h3-6,16H,7-10H2,1-2H3,(H,15,21). The maximum Gasteiger partial charge on any atom is 0.240 e. The second-order valence-electron chi connectivity index (χ2n) is 5.24. The molecule has 0 radical (unpaired) electrons. The van der Waals surface area contributed by atoms with Crippen molar-refractivity contribution in [2.75, 3.05) is 18.8 Å². The van der Waals surface area contributed by atoms with Crippen LogP contribution in [0.25, 0.3) is 0 Å². The molecule has 0 saturated carbocycles. The van der Waals surface area contributed by atoms with Crippen molar-refractivity contribution in [3.63, 3.8) is 0 Å². The quantitative estimate of drug-likeness (QED) is 0.465. The molecule has 136 valence electrons. The number of hydrogen-bond acceptors (Lipinski definition) is 7. The summed E-state index contributed by atoms with van der Waals surface area (Å²) in [4.78, 5) is 11.9. The zero-order chi connectivity index (χ0) is 18.3. The Hall–Kier alpha value is -1.98. The van der Waals surface area contributed by atoms with Crippen molar-refractivity contribution in [1.29, 1.82) is 0 Å². The van der Waals surface area contributed by atoms with E-state index in [2.05, 4.69) is 25.6 Å². The van der Waals surface area contributed by atoms with E-state index in [1.807, 2.05) is 6.92 Å². The van der Waals surface area contributed by atoms with E-state index >= 15 is 0 Å². The predicted molar refractivity (Wildman–Crippen MR) is 93.5 cm³/mol. The van der Waals surface area contributed by atoms with Gasteiger partial charge in [-0.3, -0.25) is 4.79 Å². The summed E-state index contributed by atoms with van der Waals surface area (Å²) in [5.41, 5.74) is 0.987. The molecule has 25 heavy (non-hydrogen) atoms. The first-order valence-corrected chi connectivity index (χ1v) is 10.0. The van der Waals surface area contributed by atoms with Crippen LogP contribution in [0.4, 0.5) is 0 Å². The molecule has 0 aliphatic carbocycles. The van der Waals surface area contributed by atoms with Crippen molar-refractivity contribution in [2.24, 2.45) is 7.05 Å². The van der Waals surface area contributed by atoms with Crippen LogP contribution in [0.3, 0.4) is 0 Å². The lowest BCUT2D eigenvalue weighted by Crippen LogP contribution is -2.34. The first-order chi connectivity index (χ1) is 11.9. The largest absolute Gasteiger partial charge is 0.355 e. The van der Waals surface area contributed by atoms with Crippen molar-refractivity contribution < 1.29 is 13.2 Å². The number of nitrogens with zero attached hydrogens (tertiary/aromatic N) is 4. The highest BCUT2D eigenvalue weighted by atomic mass is 32.2. The molecule has 2 N–H and O–H groups in total. The molecule has 0 atom stereocenters. The number of tetrazole rings is 1. The van der Waals surface area contributed by atoms with Crippen molar-refractivity contribution in [2.45, 2.75) is 23.4 Å². The van der Waals surface area contributed by atoms with Crippen LogP contribution in [0.5, 0.6) is 0 Å². The fraction of sp³-hybridized carbons (Fsp3) is 0.429. The van der Waals surface area contributed by atoms with Crippen molar-refractivity contribution in [3.05, 3.63) is 29.8 Å². The summed E-state index contributed by atoms with van der Waals surface area (Å²) < 4.78 is 28.1. The summed E-state index contributed by atoms with van der Waals surface area (Å²) in [5, 5.41) is 14.3. The smallest absolute Gasteiger partial charge is 0.240 e. The molecule has 9 nitrogen and oxygen atoms in total. The first-order valence-electron chi connectivity index (χ1n) is 7.56. The Morgan fingerprint density at radius 2 is 1.96 bits per heavy atom. The molecular weight excluding hydrogens is 364 g/mol. The van der Waals surface area contributed by atoms with E-state index < -0.39 is 10.0 Å². The lowest BCUT2D eigenvalue weighted by atomic mass is 10.2. The van der Waals surface area contributed by atoms with E-state index in [9.17, 15) is 13.2 Å². The van der Waals surface area contributed by atoms with Crippen molar-refractivity contribution in [3.8, 4) is 0 Å². The number of aromatic nitrogens is 4. The SMILES string of the molecule is Cc1ccc(S(=O)(=O)NCCNC(=O)CCSc2nnnn2C)cc1. The zero-order valence-electron chi connectivity index (χ0n) is 14.0. The topological polar surface area (TPSA) is 119 Å². The number of amides is 1. The highest BCUT2D eigenvalue weighted by Crippen LogP contribution is 2.13. The Morgan fingerprint density at radius 3 is 2.60 bits per heavy atom. The third kappa shape index (κ3) is 6.11. The average Bonchev–Trinajstić information content (AvgIpc) is 2.97. The predicted octanol–water partition coefficient (Wildman–Crippen LogP) is 0.0954. The molecule has 2 rings (SSSR count). The third-order valence-corrected chi connectivity index (χ3v) is 5.70. The van der Waals surface area contributed by atoms with Gasteiger partial charge in [0.05, 0.1) is 4.90 Å². The van der Waals surface area contributed by atoms with Gasteiger partial charge >= 0.3 is 0 Å². The summed E-state index contributed by atoms with van der Waals surface area (Å²) in [6, 6.07) is 6.57. The Labute approximate surface area is 150 Å². The number of thioether (sulfide) groups is 1. The number of carbonyl (C=O) groups is 1. The van der Waals surface area contributed by atoms with Crippen LogP contribution in [0.15, 0.2) is 34.3 Å². The van der Waals surface area contributed by atoms with Gasteiger partial charge in [-0.25, -0.2) is 17.8 Å². The second kappa shape index (κ2) is 8.92. The number of carbonyl (C=O) groups excluding carboxylic acids is 1. The van der Waals surface area contributed by atoms with Crippen LogP contribution >= 0.6 is 11.8 Å². The van der Waals surface area contributed by atoms with Crippen molar-refractivity contribution >= 4 is 27.7 Å². The maximum atomic E-state index is 12.1. The summed E-state index contributed by atoms with van der Waals surface area (Å²) in [6.07, 6.45) is 0.294. The van der Waals surface area contributed by atoms with Gasteiger partial charge in [-0.15, -0.1) is 5.10 Å². The van der Waals surface area contributed by atoms with Gasteiger partial charge in [-0.2, -0.15) is 0 Å². The summed E-state index contributed by atoms with van der Waals surface area (Å²) in [5.74, 6) is 0.381. The molecule has 1 amide bonds. The zero-order valence-corrected chi connectivity index (χ0v) is 15.6. The van der Waals surface area contributed by atoms with E-state index in [1.165, 1.54) is 16.4 Å². The fourth-order valence-corrected chi connectivity index (χ4v) is 3.67. The minimum absolute atomic E-state index is 0.127. The molecule has 0 unspecified atom stereocenters. The highest BCUT2D eigenvalue weighted by Gasteiger charge is 2.13. The van der Waals surface area contributed by atoms with E-state index in [4.69, 9.17) is 0 Å². The Morgan fingerprint density at radius 1 is 1.24 bits per heavy atom. The molecule has 1 aromatic carbocycles. The molecule has 0 spiro atoms. The van der Waals surface area contributed by atoms with Gasteiger partial charge in [-0.1, -0.05) is 29.5 Å². The van der Waals surface area contributed by atoms with Crippen LogP contribution in [0, 0.1) is 6.92 Å². The maximum absolute atomic E-state index is 12.1. The minimum atomic E-state index is -3.56. The molecule has 1 heterocycles. The molecule has 0 saturated heterocycles. The van der Waals surface area contributed by atoms with Gasteiger partial charge in [0.25, 0.3) is 0 Å². The Bertz CT molecular complexity index is 804. The van der Waals surface area contributed by atoms with E-state index in [-0.39, 0.29) is 23.9 Å². The van der Waals surface area contributed by atoms with Crippen LogP contribution in [-0.4, -0.2) is 53.4 Å². The lowest BCUT2D eigenvalue weighted by molar-refractivity contribution is -0.120. The van der Waals surface area contributed by atoms with Gasteiger partial charge < -0.3 is 5.32 Å². The molecular formula is C14H20N6O3S2. The number of nitrogens with one attached hydrogen (secondary N) is 2. The highest BCUT2D eigenvalue weighted by molar-refractivity contribution is 7.99. The molecule has 2 aromatic rings. The molecule has 11 heteroatoms. The van der Waals surface area contributed by atoms with Crippen LogP contribution in [0.1, 0.15) is 12.0 Å². The average molecular weight is 384 g/mol. The van der Waals surface area contributed by atoms with E-state index in [1.54, 1.807) is 31.3 Å². The monoisotopic (exact) mass is 384 g/mol. The normalized spacial score (nSPS) is 11.4. The van der Waals surface area contributed by atoms with Gasteiger partial charge in [-0.05, 0) is 29.5 Å². The van der Waals surface area contributed by atoms with Gasteiger partial charge in [0.1, 0.15) is 0 Å². The summed E-state index contributed by atoms with van der Waals surface area (Å²) in [6.45, 7) is 2.24. The molecule has 0 aliphatic heterocycles. The third-order valence-electron chi connectivity index (χ3n) is 3.21.